The lowest BCUT2D eigenvalue weighted by Crippen LogP contribution is -2.31. The van der Waals surface area contributed by atoms with Crippen molar-refractivity contribution in [2.24, 2.45) is 5.92 Å². The number of carbonyl (C=O) groups excluding carboxylic acids is 1. The summed E-state index contributed by atoms with van der Waals surface area (Å²) >= 11 is 0. The molecule has 4 heterocycles. The minimum atomic E-state index is -0.268. The van der Waals surface area contributed by atoms with E-state index < -0.39 is 0 Å². The van der Waals surface area contributed by atoms with Crippen LogP contribution in [0.4, 0.5) is 0 Å². The Labute approximate surface area is 162 Å². The molecule has 0 aliphatic carbocycles. The van der Waals surface area contributed by atoms with Crippen molar-refractivity contribution in [2.45, 2.75) is 26.3 Å². The lowest BCUT2D eigenvalue weighted by molar-refractivity contribution is 0.0924. The van der Waals surface area contributed by atoms with Crippen molar-refractivity contribution in [1.29, 1.82) is 0 Å². The highest BCUT2D eigenvalue weighted by Crippen LogP contribution is 2.22. The molecule has 0 aliphatic heterocycles. The van der Waals surface area contributed by atoms with E-state index in [-0.39, 0.29) is 11.9 Å². The molecule has 8 nitrogen and oxygen atoms in total. The molecule has 2 N–H and O–H groups in total. The van der Waals surface area contributed by atoms with Crippen molar-refractivity contribution in [1.82, 2.24) is 35.1 Å². The van der Waals surface area contributed by atoms with Gasteiger partial charge in [0.05, 0.1) is 11.7 Å². The maximum Gasteiger partial charge on any atom is 0.269 e. The van der Waals surface area contributed by atoms with Crippen LogP contribution < -0.4 is 5.32 Å². The van der Waals surface area contributed by atoms with Crippen LogP contribution >= 0.6 is 0 Å². The van der Waals surface area contributed by atoms with Gasteiger partial charge >= 0.3 is 0 Å². The first-order valence-electron chi connectivity index (χ1n) is 9.18. The van der Waals surface area contributed by atoms with Crippen LogP contribution in [0.3, 0.4) is 0 Å². The van der Waals surface area contributed by atoms with Gasteiger partial charge in [-0.3, -0.25) is 19.3 Å². The molecular formula is C20H21N7O. The minimum Gasteiger partial charge on any atom is -0.341 e. The first-order chi connectivity index (χ1) is 13.6. The molecule has 0 fully saturated rings. The van der Waals surface area contributed by atoms with E-state index in [0.29, 0.717) is 23.1 Å². The smallest absolute Gasteiger partial charge is 0.269 e. The monoisotopic (exact) mass is 375 g/mol. The summed E-state index contributed by atoms with van der Waals surface area (Å²) in [5.74, 6) is 0.847. The Balaban J connectivity index is 1.59. The molecule has 4 aromatic heterocycles. The summed E-state index contributed by atoms with van der Waals surface area (Å²) in [7, 11) is 0. The summed E-state index contributed by atoms with van der Waals surface area (Å²) < 4.78 is 1.90. The predicted molar refractivity (Wildman–Crippen MR) is 104 cm³/mol. The number of carbonyl (C=O) groups is 1. The largest absolute Gasteiger partial charge is 0.341 e. The van der Waals surface area contributed by atoms with Gasteiger partial charge in [0.1, 0.15) is 5.69 Å². The topological polar surface area (TPSA) is 101 Å². The van der Waals surface area contributed by atoms with Crippen LogP contribution in [0.25, 0.3) is 16.9 Å². The number of hydrogen-bond acceptors (Lipinski definition) is 5. The summed E-state index contributed by atoms with van der Waals surface area (Å²) in [5.41, 5.74) is 2.66. The van der Waals surface area contributed by atoms with Crippen molar-refractivity contribution in [3.8, 4) is 11.3 Å². The van der Waals surface area contributed by atoms with Crippen molar-refractivity contribution < 1.29 is 4.79 Å². The lowest BCUT2D eigenvalue weighted by atomic mass is 10.0. The Hall–Kier alpha value is -3.55. The van der Waals surface area contributed by atoms with Crippen molar-refractivity contribution in [2.75, 3.05) is 0 Å². The number of nitrogens with one attached hydrogen (secondary N) is 2. The highest BCUT2D eigenvalue weighted by molar-refractivity contribution is 5.93. The van der Waals surface area contributed by atoms with E-state index in [9.17, 15) is 4.79 Å². The van der Waals surface area contributed by atoms with Crippen LogP contribution in [-0.2, 0) is 0 Å². The molecule has 4 rings (SSSR count). The molecule has 0 aromatic carbocycles. The third-order valence-corrected chi connectivity index (χ3v) is 4.44. The van der Waals surface area contributed by atoms with Gasteiger partial charge in [-0.25, -0.2) is 0 Å². The summed E-state index contributed by atoms with van der Waals surface area (Å²) in [6.07, 6.45) is 6.05. The second-order valence-corrected chi connectivity index (χ2v) is 7.05. The number of hydrogen-bond donors (Lipinski definition) is 2. The van der Waals surface area contributed by atoms with Gasteiger partial charge in [-0.1, -0.05) is 19.9 Å². The Morgan fingerprint density at radius 1 is 1.21 bits per heavy atom. The number of fused-ring (bicyclic) bond motifs is 1. The Bertz CT molecular complexity index is 1080. The molecule has 0 spiro atoms. The second kappa shape index (κ2) is 7.59. The second-order valence-electron chi connectivity index (χ2n) is 7.05. The van der Waals surface area contributed by atoms with Gasteiger partial charge in [0.25, 0.3) is 5.91 Å². The Morgan fingerprint density at radius 2 is 2.11 bits per heavy atom. The normalized spacial score (nSPS) is 12.4. The molecule has 0 bridgehead atoms. The highest BCUT2D eigenvalue weighted by atomic mass is 16.2. The maximum absolute atomic E-state index is 12.9. The van der Waals surface area contributed by atoms with Crippen LogP contribution in [0.1, 0.15) is 42.6 Å². The molecule has 4 aromatic rings. The molecule has 1 amide bonds. The van der Waals surface area contributed by atoms with E-state index in [0.717, 1.165) is 17.6 Å². The van der Waals surface area contributed by atoms with E-state index in [1.54, 1.807) is 18.5 Å². The third kappa shape index (κ3) is 3.62. The molecule has 0 saturated heterocycles. The summed E-state index contributed by atoms with van der Waals surface area (Å²) in [5, 5.41) is 18.6. The molecule has 142 valence electrons. The fourth-order valence-electron chi connectivity index (χ4n) is 3.13. The van der Waals surface area contributed by atoms with Gasteiger partial charge in [-0.15, -0.1) is 10.2 Å². The zero-order valence-electron chi connectivity index (χ0n) is 15.7. The maximum atomic E-state index is 12.9. The van der Waals surface area contributed by atoms with Crippen LogP contribution in [0, 0.1) is 5.92 Å². The number of nitrogens with zero attached hydrogens (tertiary/aromatic N) is 5. The van der Waals surface area contributed by atoms with Crippen molar-refractivity contribution >= 4 is 11.6 Å². The van der Waals surface area contributed by atoms with Gasteiger partial charge in [-0.2, -0.15) is 5.10 Å². The number of aromatic amines is 1. The van der Waals surface area contributed by atoms with Gasteiger partial charge in [0, 0.05) is 24.2 Å². The molecule has 1 atom stereocenters. The first kappa shape index (κ1) is 17.8. The fourth-order valence-corrected chi connectivity index (χ4v) is 3.13. The number of H-pyrrole nitrogens is 1. The van der Waals surface area contributed by atoms with Crippen LogP contribution in [0.5, 0.6) is 0 Å². The zero-order chi connectivity index (χ0) is 19.5. The molecule has 8 heteroatoms. The zero-order valence-corrected chi connectivity index (χ0v) is 15.7. The van der Waals surface area contributed by atoms with E-state index in [1.807, 2.05) is 40.9 Å². The van der Waals surface area contributed by atoms with E-state index in [2.05, 4.69) is 44.5 Å². The molecule has 1 unspecified atom stereocenters. The van der Waals surface area contributed by atoms with Gasteiger partial charge in [-0.05, 0) is 42.7 Å². The molecule has 0 saturated carbocycles. The summed E-state index contributed by atoms with van der Waals surface area (Å²) in [4.78, 5) is 16.9. The summed E-state index contributed by atoms with van der Waals surface area (Å²) in [6.45, 7) is 4.22. The first-order valence-corrected chi connectivity index (χ1v) is 9.18. The van der Waals surface area contributed by atoms with Crippen LogP contribution in [0.2, 0.25) is 0 Å². The van der Waals surface area contributed by atoms with Crippen LogP contribution in [0.15, 0.2) is 55.0 Å². The van der Waals surface area contributed by atoms with Gasteiger partial charge < -0.3 is 5.32 Å². The Morgan fingerprint density at radius 3 is 2.89 bits per heavy atom. The minimum absolute atomic E-state index is 0.235. The standard InChI is InChI=1S/C20H21N7O/c1-13(2)10-16(19-26-25-18-7-3-4-9-27(18)19)22-20(28)17-11-15(23-24-17)14-6-5-8-21-12-14/h3-9,11-13,16H,10H2,1-2H3,(H,22,28)(H,23,24). The highest BCUT2D eigenvalue weighted by Gasteiger charge is 2.23. The molecule has 0 aliphatic rings. The predicted octanol–water partition coefficient (Wildman–Crippen LogP) is 3.03. The molecular weight excluding hydrogens is 354 g/mol. The Kier molecular flexibility index (Phi) is 4.84. The lowest BCUT2D eigenvalue weighted by Gasteiger charge is -2.18. The average Bonchev–Trinajstić information content (AvgIpc) is 3.35. The quantitative estimate of drug-likeness (QED) is 0.539. The van der Waals surface area contributed by atoms with Crippen molar-refractivity contribution in [3.63, 3.8) is 0 Å². The van der Waals surface area contributed by atoms with E-state index in [1.165, 1.54) is 0 Å². The average molecular weight is 375 g/mol. The fraction of sp³-hybridized carbons (Fsp3) is 0.250. The summed E-state index contributed by atoms with van der Waals surface area (Å²) in [6, 6.07) is 10.9. The van der Waals surface area contributed by atoms with Crippen molar-refractivity contribution in [3.05, 3.63) is 66.5 Å². The number of aromatic nitrogens is 6. The molecule has 28 heavy (non-hydrogen) atoms. The van der Waals surface area contributed by atoms with E-state index in [4.69, 9.17) is 0 Å². The van der Waals surface area contributed by atoms with Gasteiger partial charge in [0.2, 0.25) is 0 Å². The third-order valence-electron chi connectivity index (χ3n) is 4.44. The van der Waals surface area contributed by atoms with E-state index >= 15 is 0 Å². The molecule has 0 radical (unpaired) electrons. The number of amides is 1. The van der Waals surface area contributed by atoms with Crippen LogP contribution in [-0.4, -0.2) is 35.7 Å². The number of pyridine rings is 2. The number of rotatable bonds is 6. The SMILES string of the molecule is CC(C)CC(NC(=O)c1cc(-c2cccnc2)n[nH]1)c1nnc2ccccn12. The van der Waals surface area contributed by atoms with Gasteiger partial charge in [0.15, 0.2) is 11.5 Å².